The van der Waals surface area contributed by atoms with E-state index in [1.54, 1.807) is 12.3 Å². The van der Waals surface area contributed by atoms with Gasteiger partial charge in [-0.2, -0.15) is 0 Å². The standard InChI is InChI=1S/C11H12N4O3S/c1-6-14-9(4-19-6)10(16)15-8(11(17)18)2-7-3-12-5-13-7/h3-5,8H,2H2,1H3,(H,12,13)(H,15,16)(H,17,18)/t8-/m1/s1. The van der Waals surface area contributed by atoms with Gasteiger partial charge < -0.3 is 15.4 Å². The Balaban J connectivity index is 2.04. The monoisotopic (exact) mass is 280 g/mol. The molecule has 8 heteroatoms. The van der Waals surface area contributed by atoms with Crippen LogP contribution in [0.15, 0.2) is 17.9 Å². The number of rotatable bonds is 5. The number of aromatic amines is 1. The first kappa shape index (κ1) is 13.2. The van der Waals surface area contributed by atoms with Gasteiger partial charge in [0.15, 0.2) is 0 Å². The summed E-state index contributed by atoms with van der Waals surface area (Å²) < 4.78 is 0. The van der Waals surface area contributed by atoms with E-state index in [0.29, 0.717) is 5.69 Å². The van der Waals surface area contributed by atoms with E-state index >= 15 is 0 Å². The number of carboxylic acid groups (broad SMARTS) is 1. The minimum atomic E-state index is -1.10. The lowest BCUT2D eigenvalue weighted by molar-refractivity contribution is -0.139. The average molecular weight is 280 g/mol. The number of hydrogen-bond donors (Lipinski definition) is 3. The number of nitrogens with zero attached hydrogens (tertiary/aromatic N) is 2. The van der Waals surface area contributed by atoms with Gasteiger partial charge in [0.1, 0.15) is 11.7 Å². The Morgan fingerprint density at radius 3 is 2.89 bits per heavy atom. The lowest BCUT2D eigenvalue weighted by Gasteiger charge is -2.12. The van der Waals surface area contributed by atoms with Gasteiger partial charge in [0, 0.05) is 23.7 Å². The second-order valence-electron chi connectivity index (χ2n) is 3.90. The zero-order chi connectivity index (χ0) is 13.8. The molecule has 0 aromatic carbocycles. The molecule has 1 atom stereocenters. The van der Waals surface area contributed by atoms with Crippen LogP contribution >= 0.6 is 11.3 Å². The van der Waals surface area contributed by atoms with Crippen LogP contribution in [-0.2, 0) is 11.2 Å². The topological polar surface area (TPSA) is 108 Å². The molecule has 0 aliphatic carbocycles. The van der Waals surface area contributed by atoms with Gasteiger partial charge in [-0.05, 0) is 6.92 Å². The number of hydrogen-bond acceptors (Lipinski definition) is 5. The number of aryl methyl sites for hydroxylation is 1. The number of aromatic nitrogens is 3. The second kappa shape index (κ2) is 5.61. The van der Waals surface area contributed by atoms with E-state index in [1.165, 1.54) is 23.9 Å². The number of carbonyl (C=O) groups is 2. The van der Waals surface area contributed by atoms with Crippen LogP contribution in [0.25, 0.3) is 0 Å². The molecule has 0 aliphatic rings. The molecule has 0 unspecified atom stereocenters. The summed E-state index contributed by atoms with van der Waals surface area (Å²) in [5, 5.41) is 13.9. The van der Waals surface area contributed by atoms with Crippen molar-refractivity contribution in [2.45, 2.75) is 19.4 Å². The van der Waals surface area contributed by atoms with Crippen molar-refractivity contribution in [3.63, 3.8) is 0 Å². The third-order valence-electron chi connectivity index (χ3n) is 2.43. The first-order valence-electron chi connectivity index (χ1n) is 5.49. The molecule has 0 spiro atoms. The third-order valence-corrected chi connectivity index (χ3v) is 3.21. The smallest absolute Gasteiger partial charge is 0.326 e. The van der Waals surface area contributed by atoms with Crippen molar-refractivity contribution in [3.8, 4) is 0 Å². The summed E-state index contributed by atoms with van der Waals surface area (Å²) in [5.41, 5.74) is 0.875. The molecule has 0 fully saturated rings. The minimum absolute atomic E-state index is 0.143. The summed E-state index contributed by atoms with van der Waals surface area (Å²) in [6, 6.07) is -1.02. The van der Waals surface area contributed by atoms with Crippen molar-refractivity contribution in [3.05, 3.63) is 34.3 Å². The second-order valence-corrected chi connectivity index (χ2v) is 4.96. The van der Waals surface area contributed by atoms with Crippen molar-refractivity contribution in [2.24, 2.45) is 0 Å². The number of thiazole rings is 1. The quantitative estimate of drug-likeness (QED) is 0.743. The number of aliphatic carboxylic acids is 1. The van der Waals surface area contributed by atoms with Gasteiger partial charge in [-0.25, -0.2) is 14.8 Å². The lowest BCUT2D eigenvalue weighted by Crippen LogP contribution is -2.42. The molecule has 1 amide bonds. The molecule has 3 N–H and O–H groups in total. The fourth-order valence-corrected chi connectivity index (χ4v) is 2.11. The van der Waals surface area contributed by atoms with Crippen LogP contribution in [0, 0.1) is 6.92 Å². The largest absolute Gasteiger partial charge is 0.480 e. The van der Waals surface area contributed by atoms with E-state index in [-0.39, 0.29) is 12.1 Å². The zero-order valence-corrected chi connectivity index (χ0v) is 10.9. The van der Waals surface area contributed by atoms with Gasteiger partial charge >= 0.3 is 5.97 Å². The molecule has 2 aromatic heterocycles. The van der Waals surface area contributed by atoms with Gasteiger partial charge in [-0.1, -0.05) is 0 Å². The Morgan fingerprint density at radius 2 is 2.37 bits per heavy atom. The Bertz CT molecular complexity index is 579. The van der Waals surface area contributed by atoms with Crippen LogP contribution in [0.4, 0.5) is 0 Å². The highest BCUT2D eigenvalue weighted by atomic mass is 32.1. The molecule has 7 nitrogen and oxygen atoms in total. The highest BCUT2D eigenvalue weighted by Gasteiger charge is 2.22. The summed E-state index contributed by atoms with van der Waals surface area (Å²) in [4.78, 5) is 33.6. The lowest BCUT2D eigenvalue weighted by atomic mass is 10.1. The third kappa shape index (κ3) is 3.38. The maximum Gasteiger partial charge on any atom is 0.326 e. The van der Waals surface area contributed by atoms with E-state index < -0.39 is 17.9 Å². The number of amides is 1. The van der Waals surface area contributed by atoms with Crippen LogP contribution in [0.1, 0.15) is 21.2 Å². The Labute approximate surface area is 112 Å². The summed E-state index contributed by atoms with van der Waals surface area (Å²) in [6.07, 6.45) is 3.12. The molecular formula is C11H12N4O3S. The molecular weight excluding hydrogens is 268 g/mol. The maximum absolute atomic E-state index is 11.8. The van der Waals surface area contributed by atoms with Crippen LogP contribution in [0.5, 0.6) is 0 Å². The predicted molar refractivity (Wildman–Crippen MR) is 68.0 cm³/mol. The molecule has 0 bridgehead atoms. The van der Waals surface area contributed by atoms with Crippen molar-refractivity contribution in [1.29, 1.82) is 0 Å². The van der Waals surface area contributed by atoms with Gasteiger partial charge in [-0.15, -0.1) is 11.3 Å². The van der Waals surface area contributed by atoms with Gasteiger partial charge in [-0.3, -0.25) is 4.79 Å². The summed E-state index contributed by atoms with van der Waals surface area (Å²) in [7, 11) is 0. The number of H-pyrrole nitrogens is 1. The van der Waals surface area contributed by atoms with Gasteiger partial charge in [0.25, 0.3) is 5.91 Å². The fourth-order valence-electron chi connectivity index (χ4n) is 1.52. The SMILES string of the molecule is Cc1nc(C(=O)N[C@H](Cc2cnc[nH]2)C(=O)O)cs1. The van der Waals surface area contributed by atoms with Gasteiger partial charge in [0.2, 0.25) is 0 Å². The normalized spacial score (nSPS) is 12.1. The first-order chi connectivity index (χ1) is 9.06. The molecule has 19 heavy (non-hydrogen) atoms. The maximum atomic E-state index is 11.8. The molecule has 0 aliphatic heterocycles. The molecule has 0 saturated carbocycles. The van der Waals surface area contributed by atoms with E-state index in [4.69, 9.17) is 5.11 Å². The molecule has 2 aromatic rings. The van der Waals surface area contributed by atoms with E-state index in [0.717, 1.165) is 5.01 Å². The predicted octanol–water partition coefficient (Wildman–Crippen LogP) is 0.600. The Kier molecular flexibility index (Phi) is 3.91. The average Bonchev–Trinajstić information content (AvgIpc) is 2.99. The van der Waals surface area contributed by atoms with Crippen LogP contribution in [-0.4, -0.2) is 38.0 Å². The van der Waals surface area contributed by atoms with Crippen molar-refractivity contribution in [1.82, 2.24) is 20.3 Å². The zero-order valence-electron chi connectivity index (χ0n) is 10.1. The number of carbonyl (C=O) groups excluding carboxylic acids is 1. The van der Waals surface area contributed by atoms with Crippen LogP contribution < -0.4 is 5.32 Å². The first-order valence-corrected chi connectivity index (χ1v) is 6.37. The Morgan fingerprint density at radius 1 is 1.58 bits per heavy atom. The van der Waals surface area contributed by atoms with Crippen molar-refractivity contribution < 1.29 is 14.7 Å². The Hall–Kier alpha value is -2.22. The van der Waals surface area contributed by atoms with Gasteiger partial charge in [0.05, 0.1) is 11.3 Å². The summed E-state index contributed by atoms with van der Waals surface area (Å²) >= 11 is 1.34. The molecule has 2 rings (SSSR count). The van der Waals surface area contributed by atoms with Crippen LogP contribution in [0.2, 0.25) is 0 Å². The minimum Gasteiger partial charge on any atom is -0.480 e. The van der Waals surface area contributed by atoms with E-state index in [2.05, 4.69) is 20.3 Å². The number of nitrogens with one attached hydrogen (secondary N) is 2. The van der Waals surface area contributed by atoms with E-state index in [1.807, 2.05) is 0 Å². The van der Waals surface area contributed by atoms with Crippen molar-refractivity contribution >= 4 is 23.2 Å². The number of carboxylic acids is 1. The van der Waals surface area contributed by atoms with Crippen LogP contribution in [0.3, 0.4) is 0 Å². The number of imidazole rings is 1. The summed E-state index contributed by atoms with van der Waals surface area (Å²) in [6.45, 7) is 1.78. The van der Waals surface area contributed by atoms with Crippen molar-refractivity contribution in [2.75, 3.05) is 0 Å². The fraction of sp³-hybridized carbons (Fsp3) is 0.273. The highest BCUT2D eigenvalue weighted by molar-refractivity contribution is 7.09. The molecule has 0 radical (unpaired) electrons. The molecule has 0 saturated heterocycles. The van der Waals surface area contributed by atoms with E-state index in [9.17, 15) is 9.59 Å². The summed E-state index contributed by atoms with van der Waals surface area (Å²) in [5.74, 6) is -1.59. The molecule has 2 heterocycles. The highest BCUT2D eigenvalue weighted by Crippen LogP contribution is 2.08. The molecule has 100 valence electrons.